The molecule has 0 spiro atoms. The van der Waals surface area contributed by atoms with Gasteiger partial charge < -0.3 is 10.2 Å². The Kier molecular flexibility index (Phi) is 5.12. The predicted octanol–water partition coefficient (Wildman–Crippen LogP) is 3.00. The van der Waals surface area contributed by atoms with E-state index in [0.717, 1.165) is 41.8 Å². The van der Waals surface area contributed by atoms with Crippen LogP contribution >= 0.6 is 0 Å². The number of amides is 2. The second kappa shape index (κ2) is 7.47. The number of carbonyl (C=O) groups excluding carboxylic acids is 2. The van der Waals surface area contributed by atoms with Crippen molar-refractivity contribution in [2.24, 2.45) is 0 Å². The molecule has 2 amide bonds. The molecule has 1 fully saturated rings. The third kappa shape index (κ3) is 3.87. The molecule has 5 heteroatoms. The zero-order valence-electron chi connectivity index (χ0n) is 14.7. The average Bonchev–Trinajstić information content (AvgIpc) is 3.10. The van der Waals surface area contributed by atoms with Gasteiger partial charge in [-0.3, -0.25) is 14.6 Å². The summed E-state index contributed by atoms with van der Waals surface area (Å²) in [4.78, 5) is 30.4. The van der Waals surface area contributed by atoms with Crippen molar-refractivity contribution in [3.05, 3.63) is 65.0 Å². The lowest BCUT2D eigenvalue weighted by Gasteiger charge is -2.26. The number of hydrogen-bond donors (Lipinski definition) is 1. The molecule has 0 bridgehead atoms. The lowest BCUT2D eigenvalue weighted by atomic mass is 10.0. The van der Waals surface area contributed by atoms with Crippen molar-refractivity contribution in [2.45, 2.75) is 39.3 Å². The number of nitrogens with zero attached hydrogens (tertiary/aromatic N) is 2. The van der Waals surface area contributed by atoms with Gasteiger partial charge in [0.25, 0.3) is 5.91 Å². The Labute approximate surface area is 148 Å². The van der Waals surface area contributed by atoms with Gasteiger partial charge in [-0.2, -0.15) is 0 Å². The molecule has 1 saturated heterocycles. The molecule has 1 aromatic heterocycles. The number of nitrogens with one attached hydrogen (secondary N) is 1. The molecule has 25 heavy (non-hydrogen) atoms. The van der Waals surface area contributed by atoms with Crippen LogP contribution < -0.4 is 5.32 Å². The first-order chi connectivity index (χ1) is 12.1. The molecular weight excluding hydrogens is 314 g/mol. The monoisotopic (exact) mass is 337 g/mol. The molecule has 1 N–H and O–H groups in total. The van der Waals surface area contributed by atoms with Gasteiger partial charge in [0.15, 0.2) is 0 Å². The van der Waals surface area contributed by atoms with Gasteiger partial charge in [0.2, 0.25) is 5.91 Å². The van der Waals surface area contributed by atoms with Crippen LogP contribution in [0, 0.1) is 6.92 Å². The summed E-state index contributed by atoms with van der Waals surface area (Å²) < 4.78 is 0. The smallest absolute Gasteiger partial charge is 0.254 e. The molecule has 5 nitrogen and oxygen atoms in total. The van der Waals surface area contributed by atoms with Gasteiger partial charge in [-0.25, -0.2) is 0 Å². The molecule has 0 radical (unpaired) electrons. The zero-order valence-corrected chi connectivity index (χ0v) is 14.7. The van der Waals surface area contributed by atoms with Crippen molar-refractivity contribution >= 4 is 11.8 Å². The van der Waals surface area contributed by atoms with Gasteiger partial charge in [-0.15, -0.1) is 0 Å². The van der Waals surface area contributed by atoms with E-state index >= 15 is 0 Å². The fourth-order valence-electron chi connectivity index (χ4n) is 3.34. The number of rotatable bonds is 4. The van der Waals surface area contributed by atoms with Gasteiger partial charge in [-0.05, 0) is 49.1 Å². The van der Waals surface area contributed by atoms with E-state index < -0.39 is 0 Å². The predicted molar refractivity (Wildman–Crippen MR) is 95.9 cm³/mol. The maximum atomic E-state index is 13.0. The van der Waals surface area contributed by atoms with E-state index in [4.69, 9.17) is 0 Å². The minimum Gasteiger partial charge on any atom is -0.351 e. The van der Waals surface area contributed by atoms with E-state index in [1.165, 1.54) is 6.92 Å². The minimum absolute atomic E-state index is 0.0613. The number of aryl methyl sites for hydroxylation is 1. The van der Waals surface area contributed by atoms with Gasteiger partial charge in [0, 0.05) is 25.2 Å². The first kappa shape index (κ1) is 17.1. The lowest BCUT2D eigenvalue weighted by molar-refractivity contribution is -0.119. The summed E-state index contributed by atoms with van der Waals surface area (Å²) in [5.74, 6) is 0.00486. The summed E-state index contributed by atoms with van der Waals surface area (Å²) >= 11 is 0. The molecule has 1 aromatic carbocycles. The topological polar surface area (TPSA) is 62.3 Å². The van der Waals surface area contributed by atoms with E-state index in [-0.39, 0.29) is 17.9 Å². The SMILES string of the molecule is CC(=O)NCc1cc([C@H]2CCCN2C(=O)c2ccccc2C)ccn1. The summed E-state index contributed by atoms with van der Waals surface area (Å²) in [5, 5.41) is 2.76. The Balaban J connectivity index is 1.82. The minimum atomic E-state index is -0.0792. The molecule has 0 aliphatic carbocycles. The van der Waals surface area contributed by atoms with Crippen LogP contribution in [0.2, 0.25) is 0 Å². The molecule has 3 rings (SSSR count). The Morgan fingerprint density at radius 3 is 2.84 bits per heavy atom. The highest BCUT2D eigenvalue weighted by Crippen LogP contribution is 2.33. The van der Waals surface area contributed by atoms with Crippen LogP contribution in [-0.4, -0.2) is 28.2 Å². The highest BCUT2D eigenvalue weighted by Gasteiger charge is 2.31. The number of carbonyl (C=O) groups is 2. The van der Waals surface area contributed by atoms with E-state index in [9.17, 15) is 9.59 Å². The summed E-state index contributed by atoms with van der Waals surface area (Å²) in [7, 11) is 0. The molecule has 0 saturated carbocycles. The number of hydrogen-bond acceptors (Lipinski definition) is 3. The van der Waals surface area contributed by atoms with Gasteiger partial charge >= 0.3 is 0 Å². The van der Waals surface area contributed by atoms with Gasteiger partial charge in [-0.1, -0.05) is 18.2 Å². The van der Waals surface area contributed by atoms with E-state index in [1.54, 1.807) is 6.20 Å². The summed E-state index contributed by atoms with van der Waals surface area (Å²) in [6.45, 7) is 4.63. The van der Waals surface area contributed by atoms with Gasteiger partial charge in [0.1, 0.15) is 0 Å². The molecule has 0 unspecified atom stereocenters. The van der Waals surface area contributed by atoms with Crippen LogP contribution in [0.1, 0.15) is 53.0 Å². The second-order valence-corrected chi connectivity index (χ2v) is 6.46. The van der Waals surface area contributed by atoms with Crippen LogP contribution in [-0.2, 0) is 11.3 Å². The molecule has 1 atom stereocenters. The molecule has 1 aliphatic heterocycles. The number of pyridine rings is 1. The van der Waals surface area contributed by atoms with Crippen molar-refractivity contribution in [3.63, 3.8) is 0 Å². The summed E-state index contributed by atoms with van der Waals surface area (Å²) in [6.07, 6.45) is 3.69. The van der Waals surface area contributed by atoms with Crippen LogP contribution in [0.4, 0.5) is 0 Å². The Hall–Kier alpha value is -2.69. The molecule has 2 aromatic rings. The average molecular weight is 337 g/mol. The van der Waals surface area contributed by atoms with E-state index in [0.29, 0.717) is 6.54 Å². The van der Waals surface area contributed by atoms with Crippen molar-refractivity contribution in [1.82, 2.24) is 15.2 Å². The van der Waals surface area contributed by atoms with Crippen LogP contribution in [0.5, 0.6) is 0 Å². The van der Waals surface area contributed by atoms with Crippen LogP contribution in [0.3, 0.4) is 0 Å². The van der Waals surface area contributed by atoms with E-state index in [2.05, 4.69) is 10.3 Å². The van der Waals surface area contributed by atoms with Crippen molar-refractivity contribution in [2.75, 3.05) is 6.54 Å². The number of aromatic nitrogens is 1. The molecule has 130 valence electrons. The normalized spacial score (nSPS) is 16.7. The largest absolute Gasteiger partial charge is 0.351 e. The quantitative estimate of drug-likeness (QED) is 0.933. The third-order valence-corrected chi connectivity index (χ3v) is 4.63. The molecule has 1 aliphatic rings. The highest BCUT2D eigenvalue weighted by molar-refractivity contribution is 5.96. The van der Waals surface area contributed by atoms with Gasteiger partial charge in [0.05, 0.1) is 18.3 Å². The van der Waals surface area contributed by atoms with Crippen LogP contribution in [0.15, 0.2) is 42.6 Å². The fraction of sp³-hybridized carbons (Fsp3) is 0.350. The number of benzene rings is 1. The standard InChI is InChI=1S/C20H23N3O2/c1-14-6-3-4-7-18(14)20(25)23-11-5-8-19(23)16-9-10-21-17(12-16)13-22-15(2)24/h3-4,6-7,9-10,12,19H,5,8,11,13H2,1-2H3,(H,22,24)/t19-/m1/s1. The van der Waals surface area contributed by atoms with E-state index in [1.807, 2.05) is 48.2 Å². The molecule has 2 heterocycles. The summed E-state index contributed by atoms with van der Waals surface area (Å²) in [6, 6.07) is 11.7. The molecular formula is C20H23N3O2. The van der Waals surface area contributed by atoms with Crippen molar-refractivity contribution in [1.29, 1.82) is 0 Å². The lowest BCUT2D eigenvalue weighted by Crippen LogP contribution is -2.31. The fourth-order valence-corrected chi connectivity index (χ4v) is 3.34. The maximum Gasteiger partial charge on any atom is 0.254 e. The third-order valence-electron chi connectivity index (χ3n) is 4.63. The van der Waals surface area contributed by atoms with Crippen LogP contribution in [0.25, 0.3) is 0 Å². The highest BCUT2D eigenvalue weighted by atomic mass is 16.2. The summed E-state index contributed by atoms with van der Waals surface area (Å²) in [5.41, 5.74) is 3.65. The Morgan fingerprint density at radius 2 is 2.08 bits per heavy atom. The maximum absolute atomic E-state index is 13.0. The first-order valence-corrected chi connectivity index (χ1v) is 8.62. The second-order valence-electron chi connectivity index (χ2n) is 6.46. The Bertz CT molecular complexity index is 788. The zero-order chi connectivity index (χ0) is 17.8. The van der Waals surface area contributed by atoms with Crippen molar-refractivity contribution < 1.29 is 9.59 Å². The number of likely N-dealkylation sites (tertiary alicyclic amines) is 1. The first-order valence-electron chi connectivity index (χ1n) is 8.62. The Morgan fingerprint density at radius 1 is 1.28 bits per heavy atom. The van der Waals surface area contributed by atoms with Crippen molar-refractivity contribution in [3.8, 4) is 0 Å².